The van der Waals surface area contributed by atoms with E-state index in [2.05, 4.69) is 11.9 Å². The smallest absolute Gasteiger partial charge is 0.137 e. The molecule has 0 radical (unpaired) electrons. The van der Waals surface area contributed by atoms with Gasteiger partial charge < -0.3 is 10.5 Å². The normalized spacial score (nSPS) is 12.2. The van der Waals surface area contributed by atoms with Crippen LogP contribution in [0.5, 0.6) is 5.75 Å². The quantitative estimate of drug-likeness (QED) is 0.899. The molecule has 2 aromatic rings. The van der Waals surface area contributed by atoms with Crippen molar-refractivity contribution in [2.24, 2.45) is 5.73 Å². The minimum Gasteiger partial charge on any atom is -0.492 e. The number of rotatable bonds is 5. The highest BCUT2D eigenvalue weighted by atomic mass is 35.5. The van der Waals surface area contributed by atoms with E-state index in [1.54, 1.807) is 24.5 Å². The Morgan fingerprint density at radius 1 is 1.15 bits per heavy atom. The molecule has 5 heteroatoms. The Labute approximate surface area is 128 Å². The van der Waals surface area contributed by atoms with Gasteiger partial charge in [0.2, 0.25) is 0 Å². The molecule has 0 saturated carbocycles. The number of ether oxygens (including phenoxy) is 1. The van der Waals surface area contributed by atoms with Gasteiger partial charge in [-0.05, 0) is 35.7 Å². The topological polar surface area (TPSA) is 48.1 Å². The fraction of sp³-hybridized carbons (Fsp3) is 0.267. The summed E-state index contributed by atoms with van der Waals surface area (Å²) in [5.41, 5.74) is 7.99. The van der Waals surface area contributed by atoms with E-state index in [1.807, 2.05) is 12.1 Å². The van der Waals surface area contributed by atoms with Crippen LogP contribution in [0.4, 0.5) is 0 Å². The van der Waals surface area contributed by atoms with Crippen molar-refractivity contribution >= 4 is 23.2 Å². The van der Waals surface area contributed by atoms with Crippen molar-refractivity contribution in [2.75, 3.05) is 6.61 Å². The molecule has 1 heterocycles. The lowest BCUT2D eigenvalue weighted by Gasteiger charge is -2.14. The van der Waals surface area contributed by atoms with Crippen LogP contribution in [0, 0.1) is 0 Å². The molecule has 106 valence electrons. The van der Waals surface area contributed by atoms with Crippen LogP contribution in [0.3, 0.4) is 0 Å². The van der Waals surface area contributed by atoms with Crippen molar-refractivity contribution in [2.45, 2.75) is 19.4 Å². The first-order valence-corrected chi connectivity index (χ1v) is 7.15. The number of halogens is 2. The lowest BCUT2D eigenvalue weighted by atomic mass is 10.0. The Balaban J connectivity index is 2.23. The summed E-state index contributed by atoms with van der Waals surface area (Å²) in [7, 11) is 0. The molecule has 1 atom stereocenters. The average Bonchev–Trinajstić information content (AvgIpc) is 2.47. The highest BCUT2D eigenvalue weighted by Gasteiger charge is 2.12. The van der Waals surface area contributed by atoms with E-state index in [4.69, 9.17) is 33.7 Å². The second kappa shape index (κ2) is 6.93. The monoisotopic (exact) mass is 310 g/mol. The molecule has 0 aliphatic carbocycles. The fourth-order valence-electron chi connectivity index (χ4n) is 1.80. The van der Waals surface area contributed by atoms with Gasteiger partial charge in [-0.25, -0.2) is 0 Å². The maximum Gasteiger partial charge on any atom is 0.137 e. The molecule has 3 nitrogen and oxygen atoms in total. The summed E-state index contributed by atoms with van der Waals surface area (Å²) in [6, 6.07) is 6.95. The first kappa shape index (κ1) is 15.1. The summed E-state index contributed by atoms with van der Waals surface area (Å²) in [5, 5.41) is 1.01. The van der Waals surface area contributed by atoms with Gasteiger partial charge in [-0.2, -0.15) is 0 Å². The van der Waals surface area contributed by atoms with Crippen molar-refractivity contribution in [1.82, 2.24) is 4.98 Å². The van der Waals surface area contributed by atoms with Crippen LogP contribution in [-0.4, -0.2) is 11.6 Å². The first-order valence-electron chi connectivity index (χ1n) is 6.40. The number of hydrogen-bond acceptors (Lipinski definition) is 3. The second-order valence-corrected chi connectivity index (χ2v) is 5.27. The predicted molar refractivity (Wildman–Crippen MR) is 82.5 cm³/mol. The van der Waals surface area contributed by atoms with E-state index in [0.717, 1.165) is 23.3 Å². The van der Waals surface area contributed by atoms with Crippen molar-refractivity contribution in [1.29, 1.82) is 0 Å². The zero-order valence-corrected chi connectivity index (χ0v) is 12.7. The maximum absolute atomic E-state index is 6.24. The molecule has 1 aromatic heterocycles. The Morgan fingerprint density at radius 3 is 2.65 bits per heavy atom. The SMILES string of the molecule is CCCOc1cncc(C(N)c2ccc(Cl)c(Cl)c2)c1. The summed E-state index contributed by atoms with van der Waals surface area (Å²) >= 11 is 11.9. The molecule has 2 rings (SSSR count). The Hall–Kier alpha value is -1.29. The summed E-state index contributed by atoms with van der Waals surface area (Å²) in [4.78, 5) is 4.16. The molecule has 0 aliphatic rings. The zero-order valence-electron chi connectivity index (χ0n) is 11.1. The largest absolute Gasteiger partial charge is 0.492 e. The highest BCUT2D eigenvalue weighted by molar-refractivity contribution is 6.42. The molecule has 20 heavy (non-hydrogen) atoms. The van der Waals surface area contributed by atoms with Gasteiger partial charge in [-0.15, -0.1) is 0 Å². The predicted octanol–water partition coefficient (Wildman–Crippen LogP) is 4.23. The lowest BCUT2D eigenvalue weighted by molar-refractivity contribution is 0.315. The van der Waals surface area contributed by atoms with Gasteiger partial charge in [0.25, 0.3) is 0 Å². The lowest BCUT2D eigenvalue weighted by Crippen LogP contribution is -2.12. The van der Waals surface area contributed by atoms with Crippen LogP contribution in [0.15, 0.2) is 36.7 Å². The van der Waals surface area contributed by atoms with Gasteiger partial charge in [0.15, 0.2) is 0 Å². The van der Waals surface area contributed by atoms with Gasteiger partial charge >= 0.3 is 0 Å². The van der Waals surface area contributed by atoms with Crippen molar-refractivity contribution in [3.05, 3.63) is 57.8 Å². The van der Waals surface area contributed by atoms with Crippen LogP contribution in [0.1, 0.15) is 30.5 Å². The van der Waals surface area contributed by atoms with Crippen LogP contribution in [-0.2, 0) is 0 Å². The van der Waals surface area contributed by atoms with Gasteiger partial charge in [-0.1, -0.05) is 36.2 Å². The van der Waals surface area contributed by atoms with Crippen LogP contribution in [0.2, 0.25) is 10.0 Å². The number of nitrogens with two attached hydrogens (primary N) is 1. The van der Waals surface area contributed by atoms with Crippen LogP contribution >= 0.6 is 23.2 Å². The Morgan fingerprint density at radius 2 is 1.95 bits per heavy atom. The number of benzene rings is 1. The number of pyridine rings is 1. The van der Waals surface area contributed by atoms with Crippen molar-refractivity contribution < 1.29 is 4.74 Å². The summed E-state index contributed by atoms with van der Waals surface area (Å²) < 4.78 is 5.56. The molecule has 0 amide bonds. The molecule has 2 N–H and O–H groups in total. The highest BCUT2D eigenvalue weighted by Crippen LogP contribution is 2.28. The van der Waals surface area contributed by atoms with Gasteiger partial charge in [0.05, 0.1) is 28.9 Å². The molecule has 0 spiro atoms. The van der Waals surface area contributed by atoms with E-state index in [-0.39, 0.29) is 6.04 Å². The van der Waals surface area contributed by atoms with Gasteiger partial charge in [-0.3, -0.25) is 4.98 Å². The van der Waals surface area contributed by atoms with E-state index < -0.39 is 0 Å². The Bertz CT molecular complexity index is 590. The van der Waals surface area contributed by atoms with Gasteiger partial charge in [0.1, 0.15) is 5.75 Å². The summed E-state index contributed by atoms with van der Waals surface area (Å²) in [6.45, 7) is 2.71. The third-order valence-corrected chi connectivity index (χ3v) is 3.61. The molecule has 0 aliphatic heterocycles. The number of aromatic nitrogens is 1. The third kappa shape index (κ3) is 3.63. The van der Waals surface area contributed by atoms with E-state index in [1.165, 1.54) is 0 Å². The van der Waals surface area contributed by atoms with Crippen LogP contribution in [0.25, 0.3) is 0 Å². The minimum absolute atomic E-state index is 0.317. The van der Waals surface area contributed by atoms with Gasteiger partial charge in [0, 0.05) is 6.20 Å². The van der Waals surface area contributed by atoms with E-state index >= 15 is 0 Å². The van der Waals surface area contributed by atoms with E-state index in [9.17, 15) is 0 Å². The zero-order chi connectivity index (χ0) is 14.5. The van der Waals surface area contributed by atoms with Crippen LogP contribution < -0.4 is 10.5 Å². The van der Waals surface area contributed by atoms with Crippen molar-refractivity contribution in [3.8, 4) is 5.75 Å². The number of nitrogens with zero attached hydrogens (tertiary/aromatic N) is 1. The first-order chi connectivity index (χ1) is 9.61. The van der Waals surface area contributed by atoms with E-state index in [0.29, 0.717) is 16.7 Å². The molecular formula is C15H16Cl2N2O. The number of hydrogen-bond donors (Lipinski definition) is 1. The van der Waals surface area contributed by atoms with Crippen molar-refractivity contribution in [3.63, 3.8) is 0 Å². The standard InChI is InChI=1S/C15H16Cl2N2O/c1-2-5-20-12-6-11(8-19-9-12)15(18)10-3-4-13(16)14(17)7-10/h3-4,6-9,15H,2,5,18H2,1H3. The molecule has 0 bridgehead atoms. The minimum atomic E-state index is -0.317. The molecule has 0 fully saturated rings. The Kier molecular flexibility index (Phi) is 5.24. The average molecular weight is 311 g/mol. The summed E-state index contributed by atoms with van der Waals surface area (Å²) in [6.07, 6.45) is 4.36. The summed E-state index contributed by atoms with van der Waals surface area (Å²) in [5.74, 6) is 0.722. The molecule has 1 unspecified atom stereocenters. The fourth-order valence-corrected chi connectivity index (χ4v) is 2.11. The second-order valence-electron chi connectivity index (χ2n) is 4.45. The molecule has 1 aromatic carbocycles. The maximum atomic E-state index is 6.24. The molecular weight excluding hydrogens is 295 g/mol. The third-order valence-electron chi connectivity index (χ3n) is 2.87. The molecule has 0 saturated heterocycles.